The molecule has 2 aromatic rings. The predicted molar refractivity (Wildman–Crippen MR) is 111 cm³/mol. The lowest BCUT2D eigenvalue weighted by molar-refractivity contribution is -0.116. The maximum absolute atomic E-state index is 13.0. The van der Waals surface area contributed by atoms with Crippen molar-refractivity contribution in [2.45, 2.75) is 6.17 Å². The van der Waals surface area contributed by atoms with Gasteiger partial charge < -0.3 is 9.47 Å². The standard InChI is InChI=1S/C20H15ClN4O3S/c1-2-7-29-20-23-19(26)17-11-5-3-4-6-14(11)22-18(25(17)24-20)12-8-15-16(9-13(12)21)28-10-27-15/h2-6,8-9,18H,1,7,10H2,(H,23,24,26). The Bertz CT molecular complexity index is 1200. The number of thioether (sulfide) groups is 1. The SMILES string of the molecule is C=CCSC1=NN2C(=c3ccccc3=NC2c2cc3c(cc2Cl)OCO3)C(=O)N1. The van der Waals surface area contributed by atoms with Gasteiger partial charge in [-0.25, -0.2) is 5.01 Å². The molecule has 1 atom stereocenters. The summed E-state index contributed by atoms with van der Waals surface area (Å²) in [5.74, 6) is 1.55. The number of amidine groups is 1. The Labute approximate surface area is 175 Å². The van der Waals surface area contributed by atoms with Crippen molar-refractivity contribution in [2.24, 2.45) is 10.1 Å². The average molecular weight is 427 g/mol. The second kappa shape index (κ2) is 7.13. The summed E-state index contributed by atoms with van der Waals surface area (Å²) >= 11 is 7.94. The van der Waals surface area contributed by atoms with Gasteiger partial charge in [0, 0.05) is 22.6 Å². The molecule has 2 aromatic carbocycles. The van der Waals surface area contributed by atoms with Gasteiger partial charge in [-0.1, -0.05) is 47.6 Å². The molecule has 3 aliphatic rings. The first-order valence-electron chi connectivity index (χ1n) is 8.85. The molecule has 0 fully saturated rings. The summed E-state index contributed by atoms with van der Waals surface area (Å²) in [5, 5.41) is 11.5. The maximum Gasteiger partial charge on any atom is 0.276 e. The number of nitrogens with zero attached hydrogens (tertiary/aromatic N) is 3. The van der Waals surface area contributed by atoms with Crippen molar-refractivity contribution in [3.05, 3.63) is 70.2 Å². The van der Waals surface area contributed by atoms with Crippen molar-refractivity contribution in [3.63, 3.8) is 0 Å². The Hall–Kier alpha value is -2.97. The minimum atomic E-state index is -0.618. The van der Waals surface area contributed by atoms with E-state index in [1.807, 2.05) is 24.3 Å². The predicted octanol–water partition coefficient (Wildman–Crippen LogP) is 2.13. The lowest BCUT2D eigenvalue weighted by atomic mass is 10.1. The van der Waals surface area contributed by atoms with Crippen molar-refractivity contribution in [3.8, 4) is 11.5 Å². The van der Waals surface area contributed by atoms with Crippen LogP contribution in [0.2, 0.25) is 5.02 Å². The van der Waals surface area contributed by atoms with E-state index in [4.69, 9.17) is 26.1 Å². The minimum Gasteiger partial charge on any atom is -0.454 e. The first-order chi connectivity index (χ1) is 14.2. The van der Waals surface area contributed by atoms with Crippen molar-refractivity contribution in [1.82, 2.24) is 10.3 Å². The maximum atomic E-state index is 13.0. The van der Waals surface area contributed by atoms with Crippen molar-refractivity contribution in [2.75, 3.05) is 12.5 Å². The summed E-state index contributed by atoms with van der Waals surface area (Å²) in [6.45, 7) is 3.86. The highest BCUT2D eigenvalue weighted by atomic mass is 35.5. The lowest BCUT2D eigenvalue weighted by Crippen LogP contribution is -2.50. The van der Waals surface area contributed by atoms with Gasteiger partial charge in [0.1, 0.15) is 5.70 Å². The van der Waals surface area contributed by atoms with E-state index >= 15 is 0 Å². The topological polar surface area (TPSA) is 75.5 Å². The van der Waals surface area contributed by atoms with Gasteiger partial charge in [0.05, 0.1) is 10.4 Å². The number of ether oxygens (including phenoxy) is 2. The van der Waals surface area contributed by atoms with Gasteiger partial charge in [0.15, 0.2) is 22.8 Å². The van der Waals surface area contributed by atoms with Crippen LogP contribution in [0.4, 0.5) is 0 Å². The van der Waals surface area contributed by atoms with Crippen molar-refractivity contribution >= 4 is 40.1 Å². The highest BCUT2D eigenvalue weighted by Crippen LogP contribution is 2.42. The van der Waals surface area contributed by atoms with Crippen LogP contribution in [0.1, 0.15) is 11.7 Å². The number of halogens is 1. The molecule has 0 aliphatic carbocycles. The molecule has 7 nitrogen and oxygen atoms in total. The van der Waals surface area contributed by atoms with E-state index in [1.54, 1.807) is 23.2 Å². The molecule has 0 saturated carbocycles. The van der Waals surface area contributed by atoms with Crippen LogP contribution in [0.15, 0.2) is 59.1 Å². The summed E-state index contributed by atoms with van der Waals surface area (Å²) in [4.78, 5) is 17.8. The molecule has 1 unspecified atom stereocenters. The van der Waals surface area contributed by atoms with Gasteiger partial charge in [-0.3, -0.25) is 15.1 Å². The lowest BCUT2D eigenvalue weighted by Gasteiger charge is -2.34. The number of amides is 1. The summed E-state index contributed by atoms with van der Waals surface area (Å²) < 4.78 is 10.9. The molecule has 3 heterocycles. The van der Waals surface area contributed by atoms with Crippen LogP contribution in [-0.2, 0) is 4.79 Å². The summed E-state index contributed by atoms with van der Waals surface area (Å²) in [5.41, 5.74) is 1.10. The average Bonchev–Trinajstić information content (AvgIpc) is 3.18. The molecule has 5 rings (SSSR count). The normalized spacial score (nSPS) is 19.0. The van der Waals surface area contributed by atoms with Gasteiger partial charge in [-0.2, -0.15) is 0 Å². The number of hydrogen-bond acceptors (Lipinski definition) is 7. The Kier molecular flexibility index (Phi) is 4.44. The first kappa shape index (κ1) is 18.1. The van der Waals surface area contributed by atoms with E-state index in [0.29, 0.717) is 44.1 Å². The van der Waals surface area contributed by atoms with Crippen LogP contribution < -0.4 is 25.4 Å². The molecule has 0 saturated heterocycles. The van der Waals surface area contributed by atoms with Gasteiger partial charge in [0.25, 0.3) is 5.91 Å². The molecule has 146 valence electrons. The van der Waals surface area contributed by atoms with Crippen molar-refractivity contribution in [1.29, 1.82) is 0 Å². The highest BCUT2D eigenvalue weighted by Gasteiger charge is 2.36. The zero-order valence-corrected chi connectivity index (χ0v) is 16.7. The Morgan fingerprint density at radius 1 is 1.31 bits per heavy atom. The molecule has 1 N–H and O–H groups in total. The number of para-hydroxylation sites is 1. The third-order valence-corrected chi connectivity index (χ3v) is 5.81. The summed E-state index contributed by atoms with van der Waals surface area (Å²) in [7, 11) is 0. The first-order valence-corrected chi connectivity index (χ1v) is 10.2. The van der Waals surface area contributed by atoms with Crippen LogP contribution in [0.25, 0.3) is 5.70 Å². The monoisotopic (exact) mass is 426 g/mol. The van der Waals surface area contributed by atoms with E-state index in [2.05, 4.69) is 17.0 Å². The molecular formula is C20H15ClN4O3S. The van der Waals surface area contributed by atoms with Crippen LogP contribution in [0.5, 0.6) is 11.5 Å². The minimum absolute atomic E-state index is 0.143. The molecule has 9 heteroatoms. The summed E-state index contributed by atoms with van der Waals surface area (Å²) in [6, 6.07) is 11.0. The fraction of sp³-hybridized carbons (Fsp3) is 0.150. The van der Waals surface area contributed by atoms with Crippen LogP contribution >= 0.6 is 23.4 Å². The van der Waals surface area contributed by atoms with Crippen LogP contribution in [0.3, 0.4) is 0 Å². The van der Waals surface area contributed by atoms with Crippen LogP contribution in [-0.4, -0.2) is 28.6 Å². The van der Waals surface area contributed by atoms with E-state index in [0.717, 1.165) is 5.22 Å². The van der Waals surface area contributed by atoms with Gasteiger partial charge >= 0.3 is 0 Å². The molecule has 1 amide bonds. The molecule has 29 heavy (non-hydrogen) atoms. The largest absolute Gasteiger partial charge is 0.454 e. The number of nitrogens with one attached hydrogen (secondary N) is 1. The van der Waals surface area contributed by atoms with Gasteiger partial charge in [0.2, 0.25) is 6.79 Å². The van der Waals surface area contributed by atoms with E-state index in [-0.39, 0.29) is 12.7 Å². The fourth-order valence-electron chi connectivity index (χ4n) is 3.36. The quantitative estimate of drug-likeness (QED) is 0.761. The van der Waals surface area contributed by atoms with Gasteiger partial charge in [-0.15, -0.1) is 11.7 Å². The third-order valence-electron chi connectivity index (χ3n) is 4.62. The second-order valence-corrected chi connectivity index (χ2v) is 7.81. The Morgan fingerprint density at radius 3 is 2.93 bits per heavy atom. The van der Waals surface area contributed by atoms with Crippen molar-refractivity contribution < 1.29 is 14.3 Å². The number of hydrogen-bond donors (Lipinski definition) is 1. The molecule has 3 aliphatic heterocycles. The Morgan fingerprint density at radius 2 is 2.10 bits per heavy atom. The number of benzene rings is 2. The molecule has 0 radical (unpaired) electrons. The summed E-state index contributed by atoms with van der Waals surface area (Å²) in [6.07, 6.45) is 1.13. The second-order valence-electron chi connectivity index (χ2n) is 6.40. The zero-order valence-electron chi connectivity index (χ0n) is 15.1. The zero-order chi connectivity index (χ0) is 20.0. The number of rotatable bonds is 3. The molecule has 0 bridgehead atoms. The molecule has 0 aromatic heterocycles. The fourth-order valence-corrected chi connectivity index (χ4v) is 4.20. The van der Waals surface area contributed by atoms with Crippen LogP contribution in [0, 0.1) is 0 Å². The molecular weight excluding hydrogens is 412 g/mol. The third kappa shape index (κ3) is 3.04. The van der Waals surface area contributed by atoms with E-state index < -0.39 is 6.17 Å². The Balaban J connectivity index is 1.71. The van der Waals surface area contributed by atoms with E-state index in [1.165, 1.54) is 11.8 Å². The smallest absolute Gasteiger partial charge is 0.276 e. The van der Waals surface area contributed by atoms with E-state index in [9.17, 15) is 4.79 Å². The number of fused-ring (bicyclic) bond motifs is 3. The highest BCUT2D eigenvalue weighted by molar-refractivity contribution is 8.14. The number of carbonyl (C=O) groups is 1. The number of hydrazone groups is 1. The molecule has 0 spiro atoms. The van der Waals surface area contributed by atoms with Gasteiger partial charge in [-0.05, 0) is 12.1 Å². The number of carbonyl (C=O) groups excluding carboxylic acids is 1.